The summed E-state index contributed by atoms with van der Waals surface area (Å²) in [5.74, 6) is 0. The Kier molecular flexibility index (Phi) is 3.78. The number of aromatic nitrogens is 1. The van der Waals surface area contributed by atoms with Crippen molar-refractivity contribution in [2.24, 2.45) is 0 Å². The zero-order valence-corrected chi connectivity index (χ0v) is 10.2. The molecule has 16 heavy (non-hydrogen) atoms. The minimum absolute atomic E-state index is 0.645. The second-order valence-corrected chi connectivity index (χ2v) is 4.51. The average Bonchev–Trinajstić information content (AvgIpc) is 2.30. The third-order valence-corrected chi connectivity index (χ3v) is 3.25. The quantitative estimate of drug-likeness (QED) is 0.842. The molecule has 0 bridgehead atoms. The second-order valence-electron chi connectivity index (χ2n) is 4.51. The molecule has 2 rings (SSSR count). The van der Waals surface area contributed by atoms with Crippen molar-refractivity contribution in [2.75, 3.05) is 24.5 Å². The summed E-state index contributed by atoms with van der Waals surface area (Å²) < 4.78 is 0. The molecular weight excluding hydrogens is 198 g/mol. The van der Waals surface area contributed by atoms with Gasteiger partial charge < -0.3 is 10.2 Å². The predicted octanol–water partition coefficient (Wildman–Crippen LogP) is 1.97. The fourth-order valence-corrected chi connectivity index (χ4v) is 2.47. The number of hydrogen-bond acceptors (Lipinski definition) is 3. The van der Waals surface area contributed by atoms with E-state index in [1.807, 2.05) is 12.4 Å². The van der Waals surface area contributed by atoms with Crippen LogP contribution in [0.25, 0.3) is 0 Å². The summed E-state index contributed by atoms with van der Waals surface area (Å²) in [5.41, 5.74) is 2.62. The molecule has 0 spiro atoms. The maximum Gasteiger partial charge on any atom is 0.0427 e. The van der Waals surface area contributed by atoms with E-state index in [0.29, 0.717) is 6.04 Å². The van der Waals surface area contributed by atoms with Gasteiger partial charge >= 0.3 is 0 Å². The molecule has 3 heteroatoms. The van der Waals surface area contributed by atoms with E-state index in [-0.39, 0.29) is 0 Å². The number of pyridine rings is 1. The second kappa shape index (κ2) is 5.30. The molecule has 1 fully saturated rings. The van der Waals surface area contributed by atoms with E-state index in [9.17, 15) is 0 Å². The molecule has 1 N–H and O–H groups in total. The van der Waals surface area contributed by atoms with Gasteiger partial charge in [0.15, 0.2) is 0 Å². The van der Waals surface area contributed by atoms with Gasteiger partial charge in [0.25, 0.3) is 0 Å². The van der Waals surface area contributed by atoms with Gasteiger partial charge in [-0.2, -0.15) is 0 Å². The maximum atomic E-state index is 4.15. The molecule has 0 saturated carbocycles. The number of anilines is 1. The predicted molar refractivity (Wildman–Crippen MR) is 67.9 cm³/mol. The van der Waals surface area contributed by atoms with E-state index in [1.165, 1.54) is 30.6 Å². The molecule has 1 unspecified atom stereocenters. The van der Waals surface area contributed by atoms with Gasteiger partial charge in [-0.25, -0.2) is 0 Å². The number of rotatable bonds is 3. The number of likely N-dealkylation sites (N-methyl/N-ethyl adjacent to an activating group) is 1. The Morgan fingerprint density at radius 3 is 3.19 bits per heavy atom. The van der Waals surface area contributed by atoms with Gasteiger partial charge in [-0.15, -0.1) is 0 Å². The van der Waals surface area contributed by atoms with Crippen LogP contribution in [-0.4, -0.2) is 30.7 Å². The molecule has 3 nitrogen and oxygen atoms in total. The van der Waals surface area contributed by atoms with Crippen molar-refractivity contribution < 1.29 is 0 Å². The van der Waals surface area contributed by atoms with Gasteiger partial charge in [0.05, 0.1) is 0 Å². The number of aryl methyl sites for hydroxylation is 1. The van der Waals surface area contributed by atoms with Crippen LogP contribution in [0.2, 0.25) is 0 Å². The SMILES string of the molecule is CCNC1CCCN(c2ccncc2C)C1. The van der Waals surface area contributed by atoms with Gasteiger partial charge in [-0.3, -0.25) is 4.98 Å². The lowest BCUT2D eigenvalue weighted by molar-refractivity contribution is 0.431. The monoisotopic (exact) mass is 219 g/mol. The van der Waals surface area contributed by atoms with Crippen molar-refractivity contribution in [2.45, 2.75) is 32.7 Å². The maximum absolute atomic E-state index is 4.15. The molecule has 0 amide bonds. The van der Waals surface area contributed by atoms with Crippen molar-refractivity contribution in [3.05, 3.63) is 24.0 Å². The Balaban J connectivity index is 2.07. The summed E-state index contributed by atoms with van der Waals surface area (Å²) in [6, 6.07) is 2.77. The first-order chi connectivity index (χ1) is 7.81. The summed E-state index contributed by atoms with van der Waals surface area (Å²) in [5, 5.41) is 3.55. The summed E-state index contributed by atoms with van der Waals surface area (Å²) >= 11 is 0. The highest BCUT2D eigenvalue weighted by atomic mass is 15.2. The van der Waals surface area contributed by atoms with Crippen LogP contribution >= 0.6 is 0 Å². The van der Waals surface area contributed by atoms with Gasteiger partial charge in [0.1, 0.15) is 0 Å². The smallest absolute Gasteiger partial charge is 0.0427 e. The van der Waals surface area contributed by atoms with E-state index < -0.39 is 0 Å². The van der Waals surface area contributed by atoms with Gasteiger partial charge in [0.2, 0.25) is 0 Å². The van der Waals surface area contributed by atoms with Crippen LogP contribution < -0.4 is 10.2 Å². The molecule has 88 valence electrons. The Morgan fingerprint density at radius 1 is 1.56 bits per heavy atom. The van der Waals surface area contributed by atoms with Crippen molar-refractivity contribution in [1.82, 2.24) is 10.3 Å². The third kappa shape index (κ3) is 2.53. The van der Waals surface area contributed by atoms with Crippen LogP contribution in [-0.2, 0) is 0 Å². The highest BCUT2D eigenvalue weighted by molar-refractivity contribution is 5.51. The molecule has 0 radical (unpaired) electrons. The van der Waals surface area contributed by atoms with E-state index in [0.717, 1.165) is 13.1 Å². The molecule has 1 aliphatic heterocycles. The van der Waals surface area contributed by atoms with Crippen LogP contribution in [0.15, 0.2) is 18.5 Å². The summed E-state index contributed by atoms with van der Waals surface area (Å²) in [4.78, 5) is 6.63. The third-order valence-electron chi connectivity index (χ3n) is 3.25. The lowest BCUT2D eigenvalue weighted by Crippen LogP contribution is -2.45. The molecule has 2 heterocycles. The molecule has 1 atom stereocenters. The largest absolute Gasteiger partial charge is 0.370 e. The van der Waals surface area contributed by atoms with E-state index in [1.54, 1.807) is 0 Å². The first-order valence-corrected chi connectivity index (χ1v) is 6.20. The lowest BCUT2D eigenvalue weighted by atomic mass is 10.0. The summed E-state index contributed by atoms with van der Waals surface area (Å²) in [7, 11) is 0. The molecule has 1 aromatic heterocycles. The average molecular weight is 219 g/mol. The van der Waals surface area contributed by atoms with Gasteiger partial charge in [-0.05, 0) is 37.9 Å². The summed E-state index contributed by atoms with van der Waals surface area (Å²) in [6.07, 6.45) is 6.42. The zero-order chi connectivity index (χ0) is 11.4. The Morgan fingerprint density at radius 2 is 2.44 bits per heavy atom. The van der Waals surface area contributed by atoms with Gasteiger partial charge in [0, 0.05) is 37.2 Å². The minimum Gasteiger partial charge on any atom is -0.370 e. The standard InChI is InChI=1S/C13H21N3/c1-3-15-12-5-4-8-16(10-12)13-6-7-14-9-11(13)2/h6-7,9,12,15H,3-5,8,10H2,1-2H3. The van der Waals surface area contributed by atoms with Crippen molar-refractivity contribution in [3.8, 4) is 0 Å². The number of hydrogen-bond donors (Lipinski definition) is 1. The summed E-state index contributed by atoms with van der Waals surface area (Å²) in [6.45, 7) is 7.68. The normalized spacial score (nSPS) is 21.1. The fraction of sp³-hybridized carbons (Fsp3) is 0.615. The zero-order valence-electron chi connectivity index (χ0n) is 10.2. The first-order valence-electron chi connectivity index (χ1n) is 6.20. The van der Waals surface area contributed by atoms with E-state index in [4.69, 9.17) is 0 Å². The van der Waals surface area contributed by atoms with Crippen LogP contribution in [0, 0.1) is 6.92 Å². The molecule has 1 aromatic rings. The van der Waals surface area contributed by atoms with Crippen molar-refractivity contribution in [1.29, 1.82) is 0 Å². The van der Waals surface area contributed by atoms with E-state index in [2.05, 4.69) is 35.1 Å². The molecule has 1 aliphatic rings. The molecule has 1 saturated heterocycles. The Bertz CT molecular complexity index is 336. The highest BCUT2D eigenvalue weighted by Crippen LogP contribution is 2.22. The molecule has 0 aliphatic carbocycles. The molecule has 0 aromatic carbocycles. The minimum atomic E-state index is 0.645. The number of nitrogens with zero attached hydrogens (tertiary/aromatic N) is 2. The first kappa shape index (κ1) is 11.4. The van der Waals surface area contributed by atoms with Crippen molar-refractivity contribution >= 4 is 5.69 Å². The molecular formula is C13H21N3. The van der Waals surface area contributed by atoms with Crippen LogP contribution in [0.4, 0.5) is 5.69 Å². The number of nitrogens with one attached hydrogen (secondary N) is 1. The van der Waals surface area contributed by atoms with Crippen LogP contribution in [0.5, 0.6) is 0 Å². The van der Waals surface area contributed by atoms with Gasteiger partial charge in [-0.1, -0.05) is 6.92 Å². The van der Waals surface area contributed by atoms with E-state index >= 15 is 0 Å². The fourth-order valence-electron chi connectivity index (χ4n) is 2.47. The Labute approximate surface area is 97.9 Å². The van der Waals surface area contributed by atoms with Crippen LogP contribution in [0.3, 0.4) is 0 Å². The Hall–Kier alpha value is -1.09. The lowest BCUT2D eigenvalue weighted by Gasteiger charge is -2.35. The topological polar surface area (TPSA) is 28.2 Å². The van der Waals surface area contributed by atoms with Crippen molar-refractivity contribution in [3.63, 3.8) is 0 Å². The highest BCUT2D eigenvalue weighted by Gasteiger charge is 2.19. The number of piperidine rings is 1. The van der Waals surface area contributed by atoms with Crippen LogP contribution in [0.1, 0.15) is 25.3 Å².